The van der Waals surface area contributed by atoms with Gasteiger partial charge < -0.3 is 15.1 Å². The van der Waals surface area contributed by atoms with Crippen LogP contribution in [0, 0.1) is 13.8 Å². The third-order valence-electron chi connectivity index (χ3n) is 4.42. The molecule has 1 aromatic heterocycles. The number of aromatic nitrogens is 2. The molecule has 5 nitrogen and oxygen atoms in total. The lowest BCUT2D eigenvalue weighted by Gasteiger charge is -2.34. The summed E-state index contributed by atoms with van der Waals surface area (Å²) in [6.07, 6.45) is 0. The van der Waals surface area contributed by atoms with Crippen molar-refractivity contribution >= 4 is 29.1 Å². The molecular formula is C18H24ClN5. The normalized spacial score (nSPS) is 15.6. The van der Waals surface area contributed by atoms with E-state index in [1.165, 1.54) is 0 Å². The quantitative estimate of drug-likeness (QED) is 0.916. The van der Waals surface area contributed by atoms with Crippen LogP contribution in [0.3, 0.4) is 0 Å². The van der Waals surface area contributed by atoms with Crippen LogP contribution in [0.15, 0.2) is 24.3 Å². The Morgan fingerprint density at radius 2 is 1.83 bits per heavy atom. The summed E-state index contributed by atoms with van der Waals surface area (Å²) in [6, 6.07) is 7.83. The molecule has 3 rings (SSSR count). The van der Waals surface area contributed by atoms with Gasteiger partial charge in [0.25, 0.3) is 0 Å². The van der Waals surface area contributed by atoms with E-state index in [0.29, 0.717) is 5.95 Å². The minimum absolute atomic E-state index is 0.633. The standard InChI is InChI=1S/C18H24ClN5/c1-4-23-7-9-24(10-8-23)17-12-14(3)20-18(22-17)21-16-6-5-15(19)11-13(16)2/h5-6,11-12H,4,7-10H2,1-3H3,(H,20,21,22). The highest BCUT2D eigenvalue weighted by molar-refractivity contribution is 6.30. The van der Waals surface area contributed by atoms with Crippen LogP contribution in [0.2, 0.25) is 5.02 Å². The maximum Gasteiger partial charge on any atom is 0.229 e. The summed E-state index contributed by atoms with van der Waals surface area (Å²) in [4.78, 5) is 14.0. The van der Waals surface area contributed by atoms with Crippen LogP contribution in [-0.2, 0) is 0 Å². The van der Waals surface area contributed by atoms with E-state index in [0.717, 1.165) is 60.5 Å². The van der Waals surface area contributed by atoms with Crippen molar-refractivity contribution in [3.05, 3.63) is 40.5 Å². The number of aryl methyl sites for hydroxylation is 2. The molecule has 1 fully saturated rings. The molecule has 0 spiro atoms. The van der Waals surface area contributed by atoms with E-state index < -0.39 is 0 Å². The van der Waals surface area contributed by atoms with Crippen LogP contribution in [0.1, 0.15) is 18.2 Å². The van der Waals surface area contributed by atoms with Gasteiger partial charge in [0.1, 0.15) is 5.82 Å². The van der Waals surface area contributed by atoms with Gasteiger partial charge in [-0.1, -0.05) is 18.5 Å². The van der Waals surface area contributed by atoms with Crippen molar-refractivity contribution in [1.29, 1.82) is 0 Å². The molecule has 1 N–H and O–H groups in total. The first-order valence-electron chi connectivity index (χ1n) is 8.41. The average molecular weight is 346 g/mol. The molecule has 0 saturated carbocycles. The molecule has 2 aromatic rings. The molecule has 2 heterocycles. The highest BCUT2D eigenvalue weighted by atomic mass is 35.5. The Hall–Kier alpha value is -1.85. The lowest BCUT2D eigenvalue weighted by molar-refractivity contribution is 0.270. The maximum atomic E-state index is 6.03. The van der Waals surface area contributed by atoms with Gasteiger partial charge in [0.05, 0.1) is 0 Å². The number of nitrogens with one attached hydrogen (secondary N) is 1. The molecule has 0 unspecified atom stereocenters. The van der Waals surface area contributed by atoms with Gasteiger partial charge >= 0.3 is 0 Å². The lowest BCUT2D eigenvalue weighted by atomic mass is 10.2. The van der Waals surface area contributed by atoms with Crippen LogP contribution in [0.5, 0.6) is 0 Å². The number of anilines is 3. The second kappa shape index (κ2) is 7.36. The summed E-state index contributed by atoms with van der Waals surface area (Å²) in [5.41, 5.74) is 3.02. The van der Waals surface area contributed by atoms with E-state index in [1.807, 2.05) is 32.0 Å². The Morgan fingerprint density at radius 1 is 1.08 bits per heavy atom. The van der Waals surface area contributed by atoms with Crippen molar-refractivity contribution in [3.8, 4) is 0 Å². The maximum absolute atomic E-state index is 6.03. The zero-order valence-corrected chi connectivity index (χ0v) is 15.3. The molecule has 1 aromatic carbocycles. The van der Waals surface area contributed by atoms with Crippen LogP contribution in [0.25, 0.3) is 0 Å². The topological polar surface area (TPSA) is 44.3 Å². The zero-order chi connectivity index (χ0) is 17.1. The summed E-state index contributed by atoms with van der Waals surface area (Å²) in [7, 11) is 0. The van der Waals surface area contributed by atoms with E-state index in [2.05, 4.69) is 33.1 Å². The van der Waals surface area contributed by atoms with Crippen molar-refractivity contribution in [2.24, 2.45) is 0 Å². The summed E-state index contributed by atoms with van der Waals surface area (Å²) in [5.74, 6) is 1.63. The van der Waals surface area contributed by atoms with E-state index in [4.69, 9.17) is 16.6 Å². The predicted molar refractivity (Wildman–Crippen MR) is 101 cm³/mol. The van der Waals surface area contributed by atoms with Gasteiger partial charge in [0.2, 0.25) is 5.95 Å². The van der Waals surface area contributed by atoms with E-state index in [1.54, 1.807) is 0 Å². The number of likely N-dealkylation sites (N-methyl/N-ethyl adjacent to an activating group) is 1. The Labute approximate surface area is 148 Å². The van der Waals surface area contributed by atoms with Crippen molar-refractivity contribution < 1.29 is 0 Å². The zero-order valence-electron chi connectivity index (χ0n) is 14.5. The molecule has 0 atom stereocenters. The average Bonchev–Trinajstić information content (AvgIpc) is 2.57. The number of piperazine rings is 1. The van der Waals surface area contributed by atoms with Crippen molar-refractivity contribution in [2.45, 2.75) is 20.8 Å². The SMILES string of the molecule is CCN1CCN(c2cc(C)nc(Nc3ccc(Cl)cc3C)n2)CC1. The third kappa shape index (κ3) is 3.97. The fourth-order valence-corrected chi connectivity index (χ4v) is 3.18. The number of hydrogen-bond acceptors (Lipinski definition) is 5. The smallest absolute Gasteiger partial charge is 0.229 e. The summed E-state index contributed by atoms with van der Waals surface area (Å²) in [6.45, 7) is 11.5. The number of nitrogens with zero attached hydrogens (tertiary/aromatic N) is 4. The molecule has 6 heteroatoms. The fraction of sp³-hybridized carbons (Fsp3) is 0.444. The minimum Gasteiger partial charge on any atom is -0.354 e. The van der Waals surface area contributed by atoms with Gasteiger partial charge in [-0.25, -0.2) is 4.98 Å². The molecule has 24 heavy (non-hydrogen) atoms. The van der Waals surface area contributed by atoms with Crippen molar-refractivity contribution in [2.75, 3.05) is 42.9 Å². The third-order valence-corrected chi connectivity index (χ3v) is 4.65. The molecule has 1 aliphatic heterocycles. The molecule has 0 bridgehead atoms. The lowest BCUT2D eigenvalue weighted by Crippen LogP contribution is -2.46. The van der Waals surface area contributed by atoms with Gasteiger partial charge in [-0.05, 0) is 44.2 Å². The van der Waals surface area contributed by atoms with E-state index in [9.17, 15) is 0 Å². The first-order chi connectivity index (χ1) is 11.5. The minimum atomic E-state index is 0.633. The summed E-state index contributed by atoms with van der Waals surface area (Å²) < 4.78 is 0. The number of benzene rings is 1. The number of halogens is 1. The van der Waals surface area contributed by atoms with Crippen LogP contribution in [-0.4, -0.2) is 47.6 Å². The van der Waals surface area contributed by atoms with Crippen LogP contribution in [0.4, 0.5) is 17.5 Å². The summed E-state index contributed by atoms with van der Waals surface area (Å²) >= 11 is 6.03. The Kier molecular flexibility index (Phi) is 5.21. The number of rotatable bonds is 4. The van der Waals surface area contributed by atoms with Gasteiger partial charge in [0, 0.05) is 48.6 Å². The van der Waals surface area contributed by atoms with E-state index in [-0.39, 0.29) is 0 Å². The van der Waals surface area contributed by atoms with Gasteiger partial charge in [-0.3, -0.25) is 0 Å². The largest absolute Gasteiger partial charge is 0.354 e. The first-order valence-corrected chi connectivity index (χ1v) is 8.79. The molecule has 1 saturated heterocycles. The molecule has 0 amide bonds. The monoisotopic (exact) mass is 345 g/mol. The van der Waals surface area contributed by atoms with Crippen molar-refractivity contribution in [1.82, 2.24) is 14.9 Å². The molecule has 128 valence electrons. The van der Waals surface area contributed by atoms with Gasteiger partial charge in [-0.15, -0.1) is 0 Å². The Balaban J connectivity index is 1.79. The van der Waals surface area contributed by atoms with Crippen LogP contribution < -0.4 is 10.2 Å². The second-order valence-corrected chi connectivity index (χ2v) is 6.63. The molecule has 1 aliphatic rings. The highest BCUT2D eigenvalue weighted by Crippen LogP contribution is 2.24. The highest BCUT2D eigenvalue weighted by Gasteiger charge is 2.18. The fourth-order valence-electron chi connectivity index (χ4n) is 2.95. The first kappa shape index (κ1) is 17.0. The summed E-state index contributed by atoms with van der Waals surface area (Å²) in [5, 5.41) is 4.06. The second-order valence-electron chi connectivity index (χ2n) is 6.20. The predicted octanol–water partition coefficient (Wildman–Crippen LogP) is 3.63. The number of hydrogen-bond donors (Lipinski definition) is 1. The van der Waals surface area contributed by atoms with Crippen molar-refractivity contribution in [3.63, 3.8) is 0 Å². The molecular weight excluding hydrogens is 322 g/mol. The van der Waals surface area contributed by atoms with Crippen LogP contribution >= 0.6 is 11.6 Å². The Morgan fingerprint density at radius 3 is 2.50 bits per heavy atom. The molecule has 0 radical (unpaired) electrons. The Bertz CT molecular complexity index is 711. The van der Waals surface area contributed by atoms with Gasteiger partial charge in [-0.2, -0.15) is 4.98 Å². The van der Waals surface area contributed by atoms with E-state index >= 15 is 0 Å². The molecule has 0 aliphatic carbocycles. The van der Waals surface area contributed by atoms with Gasteiger partial charge in [0.15, 0.2) is 0 Å².